The Labute approximate surface area is 112 Å². The Balaban J connectivity index is 2.30. The smallest absolute Gasteiger partial charge is 0.260 e. The second-order valence-electron chi connectivity index (χ2n) is 3.99. The van der Waals surface area contributed by atoms with Gasteiger partial charge in [-0.25, -0.2) is 4.98 Å². The van der Waals surface area contributed by atoms with Crippen molar-refractivity contribution in [3.8, 4) is 11.1 Å². The van der Waals surface area contributed by atoms with Gasteiger partial charge in [0, 0.05) is 16.0 Å². The average Bonchev–Trinajstić information content (AvgIpc) is 2.74. The molecule has 0 fully saturated rings. The van der Waals surface area contributed by atoms with E-state index in [1.54, 1.807) is 6.92 Å². The lowest BCUT2D eigenvalue weighted by atomic mass is 10.1. The topological polar surface area (TPSA) is 45.8 Å². The molecule has 3 aromatic rings. The third-order valence-electron chi connectivity index (χ3n) is 2.72. The van der Waals surface area contributed by atoms with Gasteiger partial charge >= 0.3 is 0 Å². The van der Waals surface area contributed by atoms with Crippen LogP contribution >= 0.6 is 22.9 Å². The van der Waals surface area contributed by atoms with E-state index in [-0.39, 0.29) is 5.56 Å². The maximum absolute atomic E-state index is 12.0. The van der Waals surface area contributed by atoms with E-state index in [1.807, 2.05) is 29.6 Å². The van der Waals surface area contributed by atoms with Gasteiger partial charge in [0.1, 0.15) is 10.7 Å². The number of H-pyrrole nitrogens is 1. The van der Waals surface area contributed by atoms with Crippen LogP contribution in [0.1, 0.15) is 5.82 Å². The van der Waals surface area contributed by atoms with Crippen LogP contribution in [0.3, 0.4) is 0 Å². The first-order chi connectivity index (χ1) is 8.65. The summed E-state index contributed by atoms with van der Waals surface area (Å²) in [5.74, 6) is 0.636. The van der Waals surface area contributed by atoms with Crippen LogP contribution in [0.2, 0.25) is 5.02 Å². The summed E-state index contributed by atoms with van der Waals surface area (Å²) in [5, 5.41) is 3.28. The fourth-order valence-corrected chi connectivity index (χ4v) is 3.02. The molecule has 2 aromatic heterocycles. The van der Waals surface area contributed by atoms with Gasteiger partial charge in [0.2, 0.25) is 0 Å². The monoisotopic (exact) mass is 276 g/mol. The zero-order valence-electron chi connectivity index (χ0n) is 9.53. The van der Waals surface area contributed by atoms with Gasteiger partial charge in [-0.3, -0.25) is 4.79 Å². The van der Waals surface area contributed by atoms with Crippen molar-refractivity contribution in [2.24, 2.45) is 0 Å². The lowest BCUT2D eigenvalue weighted by Crippen LogP contribution is -2.08. The van der Waals surface area contributed by atoms with E-state index in [9.17, 15) is 4.79 Å². The number of aryl methyl sites for hydroxylation is 1. The summed E-state index contributed by atoms with van der Waals surface area (Å²) in [6.45, 7) is 1.78. The highest BCUT2D eigenvalue weighted by molar-refractivity contribution is 7.17. The fourth-order valence-electron chi connectivity index (χ4n) is 1.90. The van der Waals surface area contributed by atoms with Crippen molar-refractivity contribution in [3.05, 3.63) is 50.8 Å². The largest absolute Gasteiger partial charge is 0.310 e. The van der Waals surface area contributed by atoms with Gasteiger partial charge in [0.25, 0.3) is 5.56 Å². The molecule has 1 aromatic carbocycles. The number of hydrogen-bond acceptors (Lipinski definition) is 3. The van der Waals surface area contributed by atoms with Gasteiger partial charge in [-0.15, -0.1) is 11.3 Å². The predicted molar refractivity (Wildman–Crippen MR) is 75.4 cm³/mol. The van der Waals surface area contributed by atoms with Crippen LogP contribution in [0.25, 0.3) is 21.3 Å². The van der Waals surface area contributed by atoms with Gasteiger partial charge in [-0.2, -0.15) is 0 Å². The Bertz CT molecular complexity index is 774. The number of nitrogens with one attached hydrogen (secondary N) is 1. The van der Waals surface area contributed by atoms with Crippen LogP contribution in [-0.4, -0.2) is 9.97 Å². The van der Waals surface area contributed by atoms with Gasteiger partial charge in [-0.05, 0) is 24.6 Å². The number of aromatic nitrogens is 2. The first-order valence-electron chi connectivity index (χ1n) is 5.39. The summed E-state index contributed by atoms with van der Waals surface area (Å²) < 4.78 is 0. The summed E-state index contributed by atoms with van der Waals surface area (Å²) in [4.78, 5) is 19.8. The number of benzene rings is 1. The van der Waals surface area contributed by atoms with Crippen LogP contribution in [0.4, 0.5) is 0 Å². The van der Waals surface area contributed by atoms with E-state index in [0.717, 1.165) is 16.0 Å². The first-order valence-corrected chi connectivity index (χ1v) is 6.65. The molecule has 3 nitrogen and oxygen atoms in total. The van der Waals surface area contributed by atoms with Crippen molar-refractivity contribution >= 4 is 33.2 Å². The molecule has 0 aliphatic rings. The van der Waals surface area contributed by atoms with Gasteiger partial charge in [0.15, 0.2) is 0 Å². The van der Waals surface area contributed by atoms with Crippen molar-refractivity contribution in [2.75, 3.05) is 0 Å². The third kappa shape index (κ3) is 1.83. The highest BCUT2D eigenvalue weighted by atomic mass is 35.5. The standard InChI is InChI=1S/C13H9ClN2OS/c1-7-15-12(17)11-10(6-18-13(11)16-7)8-2-4-9(14)5-3-8/h2-6H,1H3,(H,15,16,17). The maximum atomic E-state index is 12.0. The van der Waals surface area contributed by atoms with Crippen LogP contribution in [0.5, 0.6) is 0 Å². The van der Waals surface area contributed by atoms with E-state index in [0.29, 0.717) is 16.2 Å². The van der Waals surface area contributed by atoms with E-state index in [2.05, 4.69) is 9.97 Å². The molecule has 18 heavy (non-hydrogen) atoms. The first kappa shape index (κ1) is 11.4. The highest BCUT2D eigenvalue weighted by Crippen LogP contribution is 2.31. The Morgan fingerprint density at radius 3 is 2.72 bits per heavy atom. The molecule has 90 valence electrons. The van der Waals surface area contributed by atoms with E-state index < -0.39 is 0 Å². The lowest BCUT2D eigenvalue weighted by Gasteiger charge is -1.99. The fraction of sp³-hybridized carbons (Fsp3) is 0.0769. The summed E-state index contributed by atoms with van der Waals surface area (Å²) in [6, 6.07) is 7.44. The summed E-state index contributed by atoms with van der Waals surface area (Å²) >= 11 is 7.34. The van der Waals surface area contributed by atoms with Gasteiger partial charge < -0.3 is 4.98 Å². The second-order valence-corrected chi connectivity index (χ2v) is 5.28. The molecule has 0 aliphatic carbocycles. The number of fused-ring (bicyclic) bond motifs is 1. The minimum Gasteiger partial charge on any atom is -0.310 e. The average molecular weight is 277 g/mol. The molecule has 0 unspecified atom stereocenters. The number of nitrogens with zero attached hydrogens (tertiary/aromatic N) is 1. The summed E-state index contributed by atoms with van der Waals surface area (Å²) in [5.41, 5.74) is 1.78. The summed E-state index contributed by atoms with van der Waals surface area (Å²) in [6.07, 6.45) is 0. The zero-order chi connectivity index (χ0) is 12.7. The maximum Gasteiger partial charge on any atom is 0.260 e. The van der Waals surface area contributed by atoms with E-state index in [4.69, 9.17) is 11.6 Å². The molecule has 2 heterocycles. The quantitative estimate of drug-likeness (QED) is 0.738. The predicted octanol–water partition coefficient (Wildman–Crippen LogP) is 3.61. The Hall–Kier alpha value is -1.65. The Morgan fingerprint density at radius 1 is 1.28 bits per heavy atom. The molecule has 1 N–H and O–H groups in total. The molecule has 0 saturated carbocycles. The molecule has 0 saturated heterocycles. The molecule has 0 bridgehead atoms. The molecule has 0 spiro atoms. The van der Waals surface area contributed by atoms with Crippen molar-refractivity contribution in [2.45, 2.75) is 6.92 Å². The van der Waals surface area contributed by atoms with Crippen molar-refractivity contribution in [1.29, 1.82) is 0 Å². The number of hydrogen-bond donors (Lipinski definition) is 1. The normalized spacial score (nSPS) is 11.0. The lowest BCUT2D eigenvalue weighted by molar-refractivity contribution is 1.07. The minimum atomic E-state index is -0.0938. The number of aromatic amines is 1. The van der Waals surface area contributed by atoms with Crippen molar-refractivity contribution in [1.82, 2.24) is 9.97 Å². The molecular weight excluding hydrogens is 268 g/mol. The van der Waals surface area contributed by atoms with E-state index in [1.165, 1.54) is 11.3 Å². The van der Waals surface area contributed by atoms with Crippen LogP contribution < -0.4 is 5.56 Å². The molecule has 0 radical (unpaired) electrons. The van der Waals surface area contributed by atoms with Crippen LogP contribution in [0.15, 0.2) is 34.4 Å². The Morgan fingerprint density at radius 2 is 2.00 bits per heavy atom. The van der Waals surface area contributed by atoms with Gasteiger partial charge in [0.05, 0.1) is 5.39 Å². The minimum absolute atomic E-state index is 0.0938. The van der Waals surface area contributed by atoms with Gasteiger partial charge in [-0.1, -0.05) is 23.7 Å². The molecule has 3 rings (SSSR count). The molecule has 5 heteroatoms. The number of rotatable bonds is 1. The molecule has 0 amide bonds. The zero-order valence-corrected chi connectivity index (χ0v) is 11.1. The SMILES string of the molecule is Cc1nc2scc(-c3ccc(Cl)cc3)c2c(=O)[nH]1. The molecular formula is C13H9ClN2OS. The number of halogens is 1. The Kier molecular flexibility index (Phi) is 2.69. The highest BCUT2D eigenvalue weighted by Gasteiger charge is 2.11. The second kappa shape index (κ2) is 4.23. The van der Waals surface area contributed by atoms with E-state index >= 15 is 0 Å². The van der Waals surface area contributed by atoms with Crippen molar-refractivity contribution in [3.63, 3.8) is 0 Å². The van der Waals surface area contributed by atoms with Crippen molar-refractivity contribution < 1.29 is 0 Å². The van der Waals surface area contributed by atoms with Crippen LogP contribution in [0, 0.1) is 6.92 Å². The number of thiophene rings is 1. The summed E-state index contributed by atoms with van der Waals surface area (Å²) in [7, 11) is 0. The van der Waals surface area contributed by atoms with Crippen LogP contribution in [-0.2, 0) is 0 Å². The molecule has 0 atom stereocenters. The third-order valence-corrected chi connectivity index (χ3v) is 3.84. The molecule has 0 aliphatic heterocycles.